The summed E-state index contributed by atoms with van der Waals surface area (Å²) in [6, 6.07) is 5.66. The maximum atomic E-state index is 13.9. The highest BCUT2D eigenvalue weighted by Crippen LogP contribution is 2.33. The lowest BCUT2D eigenvalue weighted by molar-refractivity contribution is 0.238. The second-order valence-electron chi connectivity index (χ2n) is 5.86. The van der Waals surface area contributed by atoms with E-state index in [0.29, 0.717) is 12.5 Å². The molecular formula is C15H21FN2O2S. The molecule has 21 heavy (non-hydrogen) atoms. The molecule has 0 saturated carbocycles. The van der Waals surface area contributed by atoms with Crippen molar-refractivity contribution in [2.75, 3.05) is 19.6 Å². The first kappa shape index (κ1) is 14.9. The molecule has 3 rings (SSSR count). The highest BCUT2D eigenvalue weighted by molar-refractivity contribution is 7.89. The Morgan fingerprint density at radius 1 is 1.19 bits per heavy atom. The van der Waals surface area contributed by atoms with Gasteiger partial charge in [-0.3, -0.25) is 0 Å². The van der Waals surface area contributed by atoms with Crippen LogP contribution < -0.4 is 5.32 Å². The minimum Gasteiger partial charge on any atom is -0.316 e. The molecule has 2 aliphatic heterocycles. The van der Waals surface area contributed by atoms with Crippen LogP contribution in [0.15, 0.2) is 29.2 Å². The first-order valence-corrected chi connectivity index (χ1v) is 9.02. The summed E-state index contributed by atoms with van der Waals surface area (Å²) in [4.78, 5) is -0.194. The fraction of sp³-hybridized carbons (Fsp3) is 0.600. The van der Waals surface area contributed by atoms with Crippen LogP contribution in [-0.4, -0.2) is 38.4 Å². The van der Waals surface area contributed by atoms with Crippen molar-refractivity contribution < 1.29 is 12.8 Å². The van der Waals surface area contributed by atoms with Crippen LogP contribution in [-0.2, 0) is 10.0 Å². The highest BCUT2D eigenvalue weighted by atomic mass is 32.2. The van der Waals surface area contributed by atoms with Gasteiger partial charge in [-0.05, 0) is 56.8 Å². The Morgan fingerprint density at radius 2 is 2.00 bits per heavy atom. The van der Waals surface area contributed by atoms with Crippen LogP contribution in [0.25, 0.3) is 0 Å². The van der Waals surface area contributed by atoms with Crippen molar-refractivity contribution in [1.29, 1.82) is 0 Å². The largest absolute Gasteiger partial charge is 0.316 e. The lowest BCUT2D eigenvalue weighted by atomic mass is 9.91. The van der Waals surface area contributed by atoms with Crippen LogP contribution in [0.1, 0.15) is 25.7 Å². The SMILES string of the molecule is O=S(=O)(c1ccccc1F)N1CCCC1C1CCCNC1. The number of hydrogen-bond acceptors (Lipinski definition) is 3. The number of piperidine rings is 1. The summed E-state index contributed by atoms with van der Waals surface area (Å²) in [5, 5.41) is 3.34. The van der Waals surface area contributed by atoms with Gasteiger partial charge in [-0.25, -0.2) is 12.8 Å². The Bertz CT molecular complexity index is 599. The van der Waals surface area contributed by atoms with E-state index in [1.807, 2.05) is 0 Å². The molecule has 6 heteroatoms. The maximum absolute atomic E-state index is 13.9. The average molecular weight is 312 g/mol. The van der Waals surface area contributed by atoms with Crippen molar-refractivity contribution in [2.45, 2.75) is 36.6 Å². The molecule has 1 aromatic rings. The van der Waals surface area contributed by atoms with Gasteiger partial charge >= 0.3 is 0 Å². The predicted octanol–water partition coefficient (Wildman–Crippen LogP) is 1.98. The third-order valence-corrected chi connectivity index (χ3v) is 6.51. The molecule has 1 N–H and O–H groups in total. The summed E-state index contributed by atoms with van der Waals surface area (Å²) >= 11 is 0. The highest BCUT2D eigenvalue weighted by Gasteiger charge is 2.40. The van der Waals surface area contributed by atoms with Gasteiger partial charge in [0.05, 0.1) is 0 Å². The zero-order valence-electron chi connectivity index (χ0n) is 12.0. The minimum atomic E-state index is -3.74. The Hall–Kier alpha value is -0.980. The normalized spacial score (nSPS) is 27.9. The molecule has 1 aromatic carbocycles. The standard InChI is InChI=1S/C15H21FN2O2S/c16-13-6-1-2-8-15(13)21(19,20)18-10-4-7-14(18)12-5-3-9-17-11-12/h1-2,6,8,12,14,17H,3-5,7,9-11H2. The van der Waals surface area contributed by atoms with E-state index in [2.05, 4.69) is 5.32 Å². The van der Waals surface area contributed by atoms with E-state index in [0.717, 1.165) is 38.8 Å². The van der Waals surface area contributed by atoms with E-state index < -0.39 is 15.8 Å². The summed E-state index contributed by atoms with van der Waals surface area (Å²) in [5.74, 6) is -0.326. The average Bonchev–Trinajstić information content (AvgIpc) is 2.99. The van der Waals surface area contributed by atoms with Crippen molar-refractivity contribution >= 4 is 10.0 Å². The van der Waals surface area contributed by atoms with Crippen molar-refractivity contribution in [3.8, 4) is 0 Å². The lowest BCUT2D eigenvalue weighted by Gasteiger charge is -2.33. The molecule has 0 amide bonds. The summed E-state index contributed by atoms with van der Waals surface area (Å²) in [6.07, 6.45) is 3.85. The third-order valence-electron chi connectivity index (χ3n) is 4.55. The van der Waals surface area contributed by atoms with Gasteiger partial charge < -0.3 is 5.32 Å². The Labute approximate surface area is 125 Å². The van der Waals surface area contributed by atoms with Gasteiger partial charge in [0.15, 0.2) is 0 Å². The Balaban J connectivity index is 1.89. The molecule has 2 atom stereocenters. The molecule has 0 aliphatic carbocycles. The number of halogens is 1. The van der Waals surface area contributed by atoms with Gasteiger partial charge in [-0.2, -0.15) is 4.31 Å². The first-order valence-electron chi connectivity index (χ1n) is 7.58. The number of nitrogens with one attached hydrogen (secondary N) is 1. The fourth-order valence-corrected chi connectivity index (χ4v) is 5.34. The van der Waals surface area contributed by atoms with E-state index in [1.54, 1.807) is 6.07 Å². The minimum absolute atomic E-state index is 0.00223. The third kappa shape index (κ3) is 2.84. The Kier molecular flexibility index (Phi) is 4.28. The number of sulfonamides is 1. The van der Waals surface area contributed by atoms with Gasteiger partial charge in [-0.15, -0.1) is 0 Å². The van der Waals surface area contributed by atoms with Gasteiger partial charge in [0.25, 0.3) is 0 Å². The number of benzene rings is 1. The molecular weight excluding hydrogens is 291 g/mol. The number of hydrogen-bond donors (Lipinski definition) is 1. The number of nitrogens with zero attached hydrogens (tertiary/aromatic N) is 1. The second-order valence-corrected chi connectivity index (χ2v) is 7.72. The van der Waals surface area contributed by atoms with Gasteiger partial charge in [0, 0.05) is 12.6 Å². The smallest absolute Gasteiger partial charge is 0.246 e. The summed E-state index contributed by atoms with van der Waals surface area (Å²) in [5.41, 5.74) is 0. The van der Waals surface area contributed by atoms with Crippen molar-refractivity contribution in [3.63, 3.8) is 0 Å². The van der Waals surface area contributed by atoms with E-state index in [9.17, 15) is 12.8 Å². The molecule has 2 heterocycles. The van der Waals surface area contributed by atoms with Crippen LogP contribution in [0.5, 0.6) is 0 Å². The van der Waals surface area contributed by atoms with E-state index in [-0.39, 0.29) is 10.9 Å². The lowest BCUT2D eigenvalue weighted by Crippen LogP contribution is -2.45. The summed E-state index contributed by atoms with van der Waals surface area (Å²) in [7, 11) is -3.74. The zero-order valence-corrected chi connectivity index (χ0v) is 12.8. The predicted molar refractivity (Wildman–Crippen MR) is 78.9 cm³/mol. The number of rotatable bonds is 3. The topological polar surface area (TPSA) is 49.4 Å². The van der Waals surface area contributed by atoms with E-state index in [1.165, 1.54) is 22.5 Å². The molecule has 0 radical (unpaired) electrons. The molecule has 2 aliphatic rings. The van der Waals surface area contributed by atoms with Crippen molar-refractivity contribution in [1.82, 2.24) is 9.62 Å². The quantitative estimate of drug-likeness (QED) is 0.928. The monoisotopic (exact) mass is 312 g/mol. The molecule has 116 valence electrons. The molecule has 0 spiro atoms. The van der Waals surface area contributed by atoms with Crippen LogP contribution in [0.2, 0.25) is 0 Å². The molecule has 4 nitrogen and oxygen atoms in total. The molecule has 0 bridgehead atoms. The zero-order chi connectivity index (χ0) is 14.9. The van der Waals surface area contributed by atoms with Crippen molar-refractivity contribution in [2.24, 2.45) is 5.92 Å². The molecule has 0 aromatic heterocycles. The summed E-state index contributed by atoms with van der Waals surface area (Å²) in [6.45, 7) is 2.36. The fourth-order valence-electron chi connectivity index (χ4n) is 3.52. The second kappa shape index (κ2) is 6.02. The van der Waals surface area contributed by atoms with Crippen LogP contribution in [0.3, 0.4) is 0 Å². The van der Waals surface area contributed by atoms with Crippen LogP contribution >= 0.6 is 0 Å². The maximum Gasteiger partial charge on any atom is 0.246 e. The van der Waals surface area contributed by atoms with E-state index in [4.69, 9.17) is 0 Å². The van der Waals surface area contributed by atoms with E-state index >= 15 is 0 Å². The van der Waals surface area contributed by atoms with Gasteiger partial charge in [-0.1, -0.05) is 12.1 Å². The summed E-state index contributed by atoms with van der Waals surface area (Å²) < 4.78 is 41.0. The van der Waals surface area contributed by atoms with Crippen molar-refractivity contribution in [3.05, 3.63) is 30.1 Å². The van der Waals surface area contributed by atoms with Crippen LogP contribution in [0, 0.1) is 11.7 Å². The van der Waals surface area contributed by atoms with Gasteiger partial charge in [0.1, 0.15) is 10.7 Å². The molecule has 2 saturated heterocycles. The first-order chi connectivity index (χ1) is 10.1. The Morgan fingerprint density at radius 3 is 2.71 bits per heavy atom. The van der Waals surface area contributed by atoms with Gasteiger partial charge in [0.2, 0.25) is 10.0 Å². The van der Waals surface area contributed by atoms with Crippen LogP contribution in [0.4, 0.5) is 4.39 Å². The molecule has 2 fully saturated rings. The molecule has 2 unspecified atom stereocenters.